The minimum absolute atomic E-state index is 0.0162. The molecule has 0 atom stereocenters. The van der Waals surface area contributed by atoms with Crippen LogP contribution in [-0.2, 0) is 20.5 Å². The van der Waals surface area contributed by atoms with Gasteiger partial charge in [-0.1, -0.05) is 40.5 Å². The van der Waals surface area contributed by atoms with Gasteiger partial charge in [0.05, 0.1) is 11.2 Å². The molecule has 1 N–H and O–H groups in total. The van der Waals surface area contributed by atoms with Gasteiger partial charge in [-0.05, 0) is 41.0 Å². The van der Waals surface area contributed by atoms with Crippen LogP contribution in [0, 0.1) is 0 Å². The first-order chi connectivity index (χ1) is 12.8. The van der Waals surface area contributed by atoms with Crippen LogP contribution in [0.5, 0.6) is 0 Å². The molecule has 6 nitrogen and oxygen atoms in total. The lowest BCUT2D eigenvalue weighted by molar-refractivity contribution is -0.136. The Kier molecular flexibility index (Phi) is 8.27. The molecule has 0 aliphatic heterocycles. The van der Waals surface area contributed by atoms with Crippen LogP contribution in [0.25, 0.3) is 0 Å². The summed E-state index contributed by atoms with van der Waals surface area (Å²) in [7, 11) is 0. The number of hydrogen-bond acceptors (Lipinski definition) is 3. The van der Waals surface area contributed by atoms with Crippen molar-refractivity contribution in [2.24, 2.45) is 0 Å². The summed E-state index contributed by atoms with van der Waals surface area (Å²) in [5, 5.41) is 7.71. The van der Waals surface area contributed by atoms with Gasteiger partial charge in [-0.25, -0.2) is 4.68 Å². The Hall–Kier alpha value is -1.85. The van der Waals surface area contributed by atoms with Gasteiger partial charge >= 0.3 is 0 Å². The van der Waals surface area contributed by atoms with E-state index in [1.807, 2.05) is 24.6 Å². The molecule has 0 fully saturated rings. The molecule has 6 heteroatoms. The van der Waals surface area contributed by atoms with E-state index in [0.717, 1.165) is 25.0 Å². The molecular formula is C22H40N4O2. The highest BCUT2D eigenvalue weighted by Gasteiger charge is 2.27. The fourth-order valence-electron chi connectivity index (χ4n) is 2.91. The van der Waals surface area contributed by atoms with Gasteiger partial charge in [0.15, 0.2) is 0 Å². The number of anilines is 1. The van der Waals surface area contributed by atoms with E-state index in [2.05, 4.69) is 53.8 Å². The zero-order chi connectivity index (χ0) is 21.7. The standard InChI is InChI=1S/C22H40N4O2/c1-10-11-12-13-20(28)25(16(2)3)15-19(27)23-18-14-17(21(4,5)6)24-26(18)22(7,8)9/h14,16H,10-13,15H2,1-9H3,(H,23,27). The summed E-state index contributed by atoms with van der Waals surface area (Å²) in [4.78, 5) is 27.0. The summed E-state index contributed by atoms with van der Waals surface area (Å²) >= 11 is 0. The summed E-state index contributed by atoms with van der Waals surface area (Å²) in [6.45, 7) is 18.5. The number of rotatable bonds is 8. The highest BCUT2D eigenvalue weighted by molar-refractivity contribution is 5.94. The third kappa shape index (κ3) is 6.95. The van der Waals surface area contributed by atoms with Crippen molar-refractivity contribution in [1.82, 2.24) is 14.7 Å². The Morgan fingerprint density at radius 2 is 1.75 bits per heavy atom. The minimum atomic E-state index is -0.264. The molecule has 0 aromatic carbocycles. The molecule has 1 aromatic heterocycles. The average molecular weight is 393 g/mol. The highest BCUT2D eigenvalue weighted by atomic mass is 16.2. The Balaban J connectivity index is 2.96. The van der Waals surface area contributed by atoms with Crippen molar-refractivity contribution in [2.75, 3.05) is 11.9 Å². The smallest absolute Gasteiger partial charge is 0.245 e. The second kappa shape index (κ2) is 9.57. The van der Waals surface area contributed by atoms with E-state index in [9.17, 15) is 9.59 Å². The molecular weight excluding hydrogens is 352 g/mol. The van der Waals surface area contributed by atoms with Gasteiger partial charge in [0, 0.05) is 23.9 Å². The average Bonchev–Trinajstić information content (AvgIpc) is 2.96. The predicted octanol–water partition coefficient (Wildman–Crippen LogP) is 4.69. The van der Waals surface area contributed by atoms with E-state index >= 15 is 0 Å². The zero-order valence-electron chi connectivity index (χ0n) is 19.3. The van der Waals surface area contributed by atoms with Crippen molar-refractivity contribution in [1.29, 1.82) is 0 Å². The molecule has 2 amide bonds. The molecule has 1 rings (SSSR count). The van der Waals surface area contributed by atoms with E-state index in [1.54, 1.807) is 4.90 Å². The lowest BCUT2D eigenvalue weighted by atomic mass is 9.92. The first-order valence-corrected chi connectivity index (χ1v) is 10.5. The number of carbonyl (C=O) groups is 2. The quantitative estimate of drug-likeness (QED) is 0.653. The molecule has 0 saturated heterocycles. The lowest BCUT2D eigenvalue weighted by Crippen LogP contribution is -2.42. The second-order valence-corrected chi connectivity index (χ2v) is 9.87. The van der Waals surface area contributed by atoms with Gasteiger partial charge in [-0.3, -0.25) is 9.59 Å². The summed E-state index contributed by atoms with van der Waals surface area (Å²) in [6, 6.07) is 1.92. The monoisotopic (exact) mass is 392 g/mol. The van der Waals surface area contributed by atoms with Crippen molar-refractivity contribution in [2.45, 2.75) is 105 Å². The van der Waals surface area contributed by atoms with Gasteiger partial charge in [0.25, 0.3) is 0 Å². The summed E-state index contributed by atoms with van der Waals surface area (Å²) in [6.07, 6.45) is 3.46. The van der Waals surface area contributed by atoms with Crippen LogP contribution < -0.4 is 5.32 Å². The molecule has 1 aromatic rings. The van der Waals surface area contributed by atoms with E-state index < -0.39 is 0 Å². The minimum Gasteiger partial charge on any atom is -0.331 e. The van der Waals surface area contributed by atoms with E-state index in [4.69, 9.17) is 5.10 Å². The Labute approximate surface area is 171 Å². The molecule has 0 radical (unpaired) electrons. The van der Waals surface area contributed by atoms with Gasteiger partial charge in [-0.2, -0.15) is 5.10 Å². The number of hydrogen-bond donors (Lipinski definition) is 1. The van der Waals surface area contributed by atoms with E-state index in [0.29, 0.717) is 12.2 Å². The lowest BCUT2D eigenvalue weighted by Gasteiger charge is -2.27. The molecule has 0 saturated carbocycles. The third-order valence-electron chi connectivity index (χ3n) is 4.63. The second-order valence-electron chi connectivity index (χ2n) is 9.87. The van der Waals surface area contributed by atoms with Gasteiger partial charge in [-0.15, -0.1) is 0 Å². The van der Waals surface area contributed by atoms with Crippen LogP contribution in [0.2, 0.25) is 0 Å². The number of nitrogens with one attached hydrogen (secondary N) is 1. The van der Waals surface area contributed by atoms with Crippen LogP contribution in [0.3, 0.4) is 0 Å². The Morgan fingerprint density at radius 3 is 2.21 bits per heavy atom. The molecule has 28 heavy (non-hydrogen) atoms. The van der Waals surface area contributed by atoms with Crippen LogP contribution in [-0.4, -0.2) is 39.1 Å². The van der Waals surface area contributed by atoms with Gasteiger partial charge in [0.1, 0.15) is 12.4 Å². The number of amides is 2. The molecule has 0 aliphatic rings. The summed E-state index contributed by atoms with van der Waals surface area (Å²) < 4.78 is 1.86. The Bertz CT molecular complexity index is 663. The topological polar surface area (TPSA) is 67.2 Å². The van der Waals surface area contributed by atoms with Crippen molar-refractivity contribution < 1.29 is 9.59 Å². The predicted molar refractivity (Wildman–Crippen MR) is 116 cm³/mol. The fraction of sp³-hybridized carbons (Fsp3) is 0.773. The molecule has 0 spiro atoms. The first-order valence-electron chi connectivity index (χ1n) is 10.5. The molecule has 1 heterocycles. The largest absolute Gasteiger partial charge is 0.331 e. The van der Waals surface area contributed by atoms with Crippen molar-refractivity contribution >= 4 is 17.6 Å². The van der Waals surface area contributed by atoms with Crippen molar-refractivity contribution in [3.63, 3.8) is 0 Å². The number of nitrogens with zero attached hydrogens (tertiary/aromatic N) is 3. The van der Waals surface area contributed by atoms with Crippen LogP contribution in [0.1, 0.15) is 93.7 Å². The maximum Gasteiger partial charge on any atom is 0.245 e. The summed E-state index contributed by atoms with van der Waals surface area (Å²) in [5.74, 6) is 0.520. The highest BCUT2D eigenvalue weighted by Crippen LogP contribution is 2.28. The first kappa shape index (κ1) is 24.2. The SMILES string of the molecule is CCCCCC(=O)N(CC(=O)Nc1cc(C(C)(C)C)nn1C(C)(C)C)C(C)C. The molecule has 0 bridgehead atoms. The van der Waals surface area contributed by atoms with Crippen LogP contribution in [0.4, 0.5) is 5.82 Å². The number of unbranched alkanes of at least 4 members (excludes halogenated alkanes) is 2. The fourth-order valence-corrected chi connectivity index (χ4v) is 2.91. The van der Waals surface area contributed by atoms with E-state index in [-0.39, 0.29) is 35.4 Å². The maximum atomic E-state index is 12.8. The third-order valence-corrected chi connectivity index (χ3v) is 4.63. The van der Waals surface area contributed by atoms with Crippen LogP contribution >= 0.6 is 0 Å². The van der Waals surface area contributed by atoms with Crippen molar-refractivity contribution in [3.8, 4) is 0 Å². The zero-order valence-corrected chi connectivity index (χ0v) is 19.3. The Morgan fingerprint density at radius 1 is 1.14 bits per heavy atom. The van der Waals surface area contributed by atoms with Crippen LogP contribution in [0.15, 0.2) is 6.07 Å². The number of carbonyl (C=O) groups excluding carboxylic acids is 2. The van der Waals surface area contributed by atoms with Crippen molar-refractivity contribution in [3.05, 3.63) is 11.8 Å². The number of aromatic nitrogens is 2. The maximum absolute atomic E-state index is 12.8. The molecule has 160 valence electrons. The van der Waals surface area contributed by atoms with Gasteiger partial charge in [0.2, 0.25) is 11.8 Å². The van der Waals surface area contributed by atoms with E-state index in [1.165, 1.54) is 0 Å². The van der Waals surface area contributed by atoms with Gasteiger partial charge < -0.3 is 10.2 Å². The molecule has 0 unspecified atom stereocenters. The molecule has 0 aliphatic carbocycles. The normalized spacial score (nSPS) is 12.4. The summed E-state index contributed by atoms with van der Waals surface area (Å²) in [5.41, 5.74) is 0.545.